The fourth-order valence-electron chi connectivity index (χ4n) is 3.71. The summed E-state index contributed by atoms with van der Waals surface area (Å²) in [6.45, 7) is 6.52. The van der Waals surface area contributed by atoms with Crippen molar-refractivity contribution in [1.82, 2.24) is 9.62 Å². The Kier molecular flexibility index (Phi) is 7.69. The summed E-state index contributed by atoms with van der Waals surface area (Å²) >= 11 is 0. The first-order valence-electron chi connectivity index (χ1n) is 11.0. The third kappa shape index (κ3) is 5.55. The molecule has 2 aromatic carbocycles. The van der Waals surface area contributed by atoms with E-state index in [1.54, 1.807) is 43.3 Å². The van der Waals surface area contributed by atoms with Crippen LogP contribution in [0.2, 0.25) is 0 Å². The van der Waals surface area contributed by atoms with Crippen LogP contribution in [0.5, 0.6) is 0 Å². The first-order valence-corrected chi connectivity index (χ1v) is 12.4. The van der Waals surface area contributed by atoms with Crippen LogP contribution in [0.25, 0.3) is 0 Å². The van der Waals surface area contributed by atoms with Gasteiger partial charge in [0.15, 0.2) is 0 Å². The average molecular weight is 458 g/mol. The highest BCUT2D eigenvalue weighted by atomic mass is 32.2. The number of benzene rings is 2. The van der Waals surface area contributed by atoms with Gasteiger partial charge >= 0.3 is 0 Å². The molecule has 0 bridgehead atoms. The number of carbonyl (C=O) groups excluding carboxylic acids is 2. The maximum atomic E-state index is 13.1. The van der Waals surface area contributed by atoms with Crippen LogP contribution in [-0.2, 0) is 14.8 Å². The molecule has 1 atom stereocenters. The number of nitrogens with zero attached hydrogens (tertiary/aromatic N) is 1. The number of aryl methyl sites for hydroxylation is 1. The molecule has 172 valence electrons. The number of anilines is 1. The second-order valence-corrected chi connectivity index (χ2v) is 10.4. The summed E-state index contributed by atoms with van der Waals surface area (Å²) < 4.78 is 27.6. The Balaban J connectivity index is 1.79. The minimum atomic E-state index is -3.62. The van der Waals surface area contributed by atoms with Crippen LogP contribution in [0.3, 0.4) is 0 Å². The van der Waals surface area contributed by atoms with E-state index in [9.17, 15) is 18.0 Å². The van der Waals surface area contributed by atoms with Crippen LogP contribution in [0.4, 0.5) is 5.69 Å². The van der Waals surface area contributed by atoms with Gasteiger partial charge in [-0.2, -0.15) is 4.31 Å². The number of amides is 2. The van der Waals surface area contributed by atoms with Crippen LogP contribution in [-0.4, -0.2) is 43.7 Å². The standard InChI is InChI=1S/C24H31N3O4S/c1-17(2)22(26-23(28)19-10-6-4-7-11-19)24(29)25-21-16-20(13-12-18(21)3)32(30,31)27-14-8-5-9-15-27/h4,6-7,10-13,16-17,22H,5,8-9,14-15H2,1-3H3,(H,25,29)(H,26,28)/t22-/m0/s1. The largest absolute Gasteiger partial charge is 0.340 e. The summed E-state index contributed by atoms with van der Waals surface area (Å²) in [5.74, 6) is -0.888. The van der Waals surface area contributed by atoms with Gasteiger partial charge in [-0.25, -0.2) is 8.42 Å². The molecule has 1 aliphatic rings. The van der Waals surface area contributed by atoms with Crippen molar-refractivity contribution in [3.8, 4) is 0 Å². The molecule has 0 aliphatic carbocycles. The summed E-state index contributed by atoms with van der Waals surface area (Å²) in [7, 11) is -3.62. The van der Waals surface area contributed by atoms with Gasteiger partial charge in [0.05, 0.1) is 4.90 Å². The molecule has 0 spiro atoms. The Morgan fingerprint density at radius 1 is 0.969 bits per heavy atom. The summed E-state index contributed by atoms with van der Waals surface area (Å²) in [5, 5.41) is 5.62. The number of carbonyl (C=O) groups is 2. The number of hydrogen-bond donors (Lipinski definition) is 2. The minimum Gasteiger partial charge on any atom is -0.340 e. The number of rotatable bonds is 7. The first-order chi connectivity index (χ1) is 15.2. The number of sulfonamides is 1. The van der Waals surface area contributed by atoms with Gasteiger partial charge in [0.2, 0.25) is 15.9 Å². The Hall–Kier alpha value is -2.71. The third-order valence-corrected chi connectivity index (χ3v) is 7.59. The molecule has 8 heteroatoms. The zero-order valence-electron chi connectivity index (χ0n) is 18.8. The molecular formula is C24H31N3O4S. The maximum absolute atomic E-state index is 13.1. The first kappa shape index (κ1) is 23.9. The van der Waals surface area contributed by atoms with E-state index in [2.05, 4.69) is 10.6 Å². The maximum Gasteiger partial charge on any atom is 0.251 e. The van der Waals surface area contributed by atoms with E-state index in [1.165, 1.54) is 10.4 Å². The Labute approximate surface area is 190 Å². The van der Waals surface area contributed by atoms with Gasteiger partial charge in [-0.05, 0) is 55.5 Å². The van der Waals surface area contributed by atoms with Crippen LogP contribution in [0.15, 0.2) is 53.4 Å². The molecule has 1 heterocycles. The fraction of sp³-hybridized carbons (Fsp3) is 0.417. The van der Waals surface area contributed by atoms with Crippen LogP contribution < -0.4 is 10.6 Å². The molecule has 1 saturated heterocycles. The number of piperidine rings is 1. The van der Waals surface area contributed by atoms with Gasteiger partial charge in [-0.3, -0.25) is 9.59 Å². The van der Waals surface area contributed by atoms with Crippen LogP contribution >= 0.6 is 0 Å². The van der Waals surface area contributed by atoms with E-state index in [0.717, 1.165) is 24.8 Å². The SMILES string of the molecule is Cc1ccc(S(=O)(=O)N2CCCCC2)cc1NC(=O)[C@@H](NC(=O)c1ccccc1)C(C)C. The zero-order valence-corrected chi connectivity index (χ0v) is 19.6. The van der Waals surface area contributed by atoms with Crippen molar-refractivity contribution in [2.45, 2.75) is 51.0 Å². The lowest BCUT2D eigenvalue weighted by molar-refractivity contribution is -0.118. The summed E-state index contributed by atoms with van der Waals surface area (Å²) in [5.41, 5.74) is 1.64. The topological polar surface area (TPSA) is 95.6 Å². The van der Waals surface area contributed by atoms with Crippen LogP contribution in [0.1, 0.15) is 49.0 Å². The molecular weight excluding hydrogens is 426 g/mol. The zero-order chi connectivity index (χ0) is 23.3. The second-order valence-electron chi connectivity index (χ2n) is 8.49. The Morgan fingerprint density at radius 2 is 1.62 bits per heavy atom. The van der Waals surface area contributed by atoms with E-state index in [4.69, 9.17) is 0 Å². The second kappa shape index (κ2) is 10.3. The van der Waals surface area contributed by atoms with E-state index < -0.39 is 16.1 Å². The molecule has 2 N–H and O–H groups in total. The molecule has 32 heavy (non-hydrogen) atoms. The Morgan fingerprint density at radius 3 is 2.25 bits per heavy atom. The molecule has 2 amide bonds. The highest BCUT2D eigenvalue weighted by Crippen LogP contribution is 2.25. The molecule has 0 unspecified atom stereocenters. The number of hydrogen-bond acceptors (Lipinski definition) is 4. The van der Waals surface area contributed by atoms with Gasteiger partial charge in [-0.15, -0.1) is 0 Å². The monoisotopic (exact) mass is 457 g/mol. The lowest BCUT2D eigenvalue weighted by Gasteiger charge is -2.26. The van der Waals surface area contributed by atoms with Gasteiger partial charge in [0.25, 0.3) is 5.91 Å². The van der Waals surface area contributed by atoms with E-state index in [-0.39, 0.29) is 22.6 Å². The number of nitrogens with one attached hydrogen (secondary N) is 2. The average Bonchev–Trinajstić information content (AvgIpc) is 2.79. The van der Waals surface area contributed by atoms with Gasteiger partial charge in [0, 0.05) is 24.3 Å². The van der Waals surface area contributed by atoms with E-state index in [0.29, 0.717) is 24.3 Å². The Bertz CT molecular complexity index is 1060. The van der Waals surface area contributed by atoms with Crippen molar-refractivity contribution in [3.05, 3.63) is 59.7 Å². The highest BCUT2D eigenvalue weighted by molar-refractivity contribution is 7.89. The van der Waals surface area contributed by atoms with Gasteiger partial charge in [0.1, 0.15) is 6.04 Å². The lowest BCUT2D eigenvalue weighted by Crippen LogP contribution is -2.47. The van der Waals surface area contributed by atoms with E-state index in [1.807, 2.05) is 19.9 Å². The van der Waals surface area contributed by atoms with Crippen molar-refractivity contribution >= 4 is 27.5 Å². The molecule has 0 radical (unpaired) electrons. The fourth-order valence-corrected chi connectivity index (χ4v) is 5.25. The quantitative estimate of drug-likeness (QED) is 0.665. The molecule has 1 aliphatic heterocycles. The predicted octanol–water partition coefficient (Wildman–Crippen LogP) is 3.56. The molecule has 3 rings (SSSR count). The van der Waals surface area contributed by atoms with Crippen LogP contribution in [0, 0.1) is 12.8 Å². The normalized spacial score (nSPS) is 15.9. The van der Waals surface area contributed by atoms with Crippen molar-refractivity contribution in [2.75, 3.05) is 18.4 Å². The van der Waals surface area contributed by atoms with Crippen molar-refractivity contribution < 1.29 is 18.0 Å². The van der Waals surface area contributed by atoms with E-state index >= 15 is 0 Å². The summed E-state index contributed by atoms with van der Waals surface area (Å²) in [6.07, 6.45) is 2.74. The smallest absolute Gasteiger partial charge is 0.251 e. The molecule has 0 aromatic heterocycles. The van der Waals surface area contributed by atoms with Crippen molar-refractivity contribution in [3.63, 3.8) is 0 Å². The summed E-state index contributed by atoms with van der Waals surface area (Å²) in [4.78, 5) is 25.8. The minimum absolute atomic E-state index is 0.162. The van der Waals surface area contributed by atoms with Crippen molar-refractivity contribution in [1.29, 1.82) is 0 Å². The molecule has 1 fully saturated rings. The van der Waals surface area contributed by atoms with Crippen molar-refractivity contribution in [2.24, 2.45) is 5.92 Å². The van der Waals surface area contributed by atoms with Gasteiger partial charge < -0.3 is 10.6 Å². The van der Waals surface area contributed by atoms with Gasteiger partial charge in [-0.1, -0.05) is 44.5 Å². The molecule has 0 saturated carbocycles. The summed E-state index contributed by atoms with van der Waals surface area (Å²) in [6, 6.07) is 12.7. The predicted molar refractivity (Wildman–Crippen MR) is 125 cm³/mol. The third-order valence-electron chi connectivity index (χ3n) is 5.69. The molecule has 2 aromatic rings. The highest BCUT2D eigenvalue weighted by Gasteiger charge is 2.28. The molecule has 7 nitrogen and oxygen atoms in total. The lowest BCUT2D eigenvalue weighted by atomic mass is 10.0.